The van der Waals surface area contributed by atoms with E-state index in [1.165, 1.54) is 10.7 Å². The molecule has 39 heavy (non-hydrogen) atoms. The molecule has 4 aromatic rings. The molecule has 0 aliphatic carbocycles. The maximum atomic E-state index is 13.0. The summed E-state index contributed by atoms with van der Waals surface area (Å²) in [6.07, 6.45) is 3.36. The van der Waals surface area contributed by atoms with Crippen LogP contribution in [0.5, 0.6) is 5.75 Å². The highest BCUT2D eigenvalue weighted by Crippen LogP contribution is 2.26. The molecule has 1 atom stereocenters. The number of carbonyl (C=O) groups is 1. The Morgan fingerprint density at radius 1 is 1.15 bits per heavy atom. The van der Waals surface area contributed by atoms with Crippen LogP contribution in [0.3, 0.4) is 0 Å². The molecule has 0 spiro atoms. The summed E-state index contributed by atoms with van der Waals surface area (Å²) >= 11 is 0. The number of aromatic nitrogens is 5. The molecular formula is C27H29F2N7O3. The Balaban J connectivity index is 1.45. The average molecular weight is 538 g/mol. The van der Waals surface area contributed by atoms with Gasteiger partial charge in [0.2, 0.25) is 11.9 Å². The Hall–Kier alpha value is -4.35. The Morgan fingerprint density at radius 3 is 2.56 bits per heavy atom. The number of hydrogen-bond acceptors (Lipinski definition) is 7. The van der Waals surface area contributed by atoms with Gasteiger partial charge >= 0.3 is 6.61 Å². The molecule has 5 rings (SSSR count). The number of hydrogen-bond donors (Lipinski definition) is 0. The number of rotatable bonds is 6. The average Bonchev–Trinajstić information content (AvgIpc) is 3.14. The molecule has 1 fully saturated rings. The summed E-state index contributed by atoms with van der Waals surface area (Å²) in [4.78, 5) is 42.4. The maximum absolute atomic E-state index is 13.0. The van der Waals surface area contributed by atoms with E-state index in [4.69, 9.17) is 9.72 Å². The van der Waals surface area contributed by atoms with E-state index in [2.05, 4.69) is 9.97 Å². The summed E-state index contributed by atoms with van der Waals surface area (Å²) in [7, 11) is 1.61. The highest BCUT2D eigenvalue weighted by atomic mass is 19.3. The number of aryl methyl sites for hydroxylation is 1. The van der Waals surface area contributed by atoms with Crippen LogP contribution in [-0.4, -0.2) is 67.4 Å². The topological polar surface area (TPSA) is 98.4 Å². The number of ether oxygens (including phenoxy) is 1. The third-order valence-electron chi connectivity index (χ3n) is 7.01. The van der Waals surface area contributed by atoms with Gasteiger partial charge in [-0.3, -0.25) is 19.0 Å². The molecule has 1 aromatic carbocycles. The lowest BCUT2D eigenvalue weighted by molar-refractivity contribution is -0.131. The van der Waals surface area contributed by atoms with Gasteiger partial charge < -0.3 is 14.5 Å². The van der Waals surface area contributed by atoms with Crippen molar-refractivity contribution < 1.29 is 18.3 Å². The van der Waals surface area contributed by atoms with Crippen molar-refractivity contribution >= 4 is 22.9 Å². The summed E-state index contributed by atoms with van der Waals surface area (Å²) < 4.78 is 33.8. The smallest absolute Gasteiger partial charge is 0.387 e. The molecule has 1 aliphatic rings. The third kappa shape index (κ3) is 5.18. The number of fused-ring (bicyclic) bond motifs is 1. The first-order chi connectivity index (χ1) is 18.6. The van der Waals surface area contributed by atoms with E-state index >= 15 is 0 Å². The summed E-state index contributed by atoms with van der Waals surface area (Å²) in [5, 5.41) is 0.403. The largest absolute Gasteiger partial charge is 0.434 e. The minimum Gasteiger partial charge on any atom is -0.434 e. The van der Waals surface area contributed by atoms with E-state index in [-0.39, 0.29) is 29.8 Å². The minimum absolute atomic E-state index is 0.0449. The number of nitrogens with zero attached hydrogens (tertiary/aromatic N) is 7. The van der Waals surface area contributed by atoms with Gasteiger partial charge in [0.1, 0.15) is 5.75 Å². The van der Waals surface area contributed by atoms with Gasteiger partial charge in [0, 0.05) is 63.2 Å². The molecular weight excluding hydrogens is 508 g/mol. The fourth-order valence-electron chi connectivity index (χ4n) is 5.01. The highest BCUT2D eigenvalue weighted by molar-refractivity contribution is 5.78. The molecule has 4 heterocycles. The van der Waals surface area contributed by atoms with Crippen LogP contribution in [0.25, 0.3) is 22.3 Å². The zero-order valence-corrected chi connectivity index (χ0v) is 22.1. The van der Waals surface area contributed by atoms with E-state index in [1.54, 1.807) is 55.3 Å². The van der Waals surface area contributed by atoms with Crippen LogP contribution in [0.4, 0.5) is 14.7 Å². The lowest BCUT2D eigenvalue weighted by atomic mass is 10.1. The predicted molar refractivity (Wildman–Crippen MR) is 142 cm³/mol. The van der Waals surface area contributed by atoms with Crippen molar-refractivity contribution in [2.24, 2.45) is 7.05 Å². The first kappa shape index (κ1) is 26.3. The summed E-state index contributed by atoms with van der Waals surface area (Å²) in [5.41, 5.74) is 2.76. The zero-order valence-electron chi connectivity index (χ0n) is 22.1. The molecule has 1 saturated heterocycles. The van der Waals surface area contributed by atoms with Crippen molar-refractivity contribution in [3.05, 3.63) is 64.2 Å². The van der Waals surface area contributed by atoms with Gasteiger partial charge in [0.15, 0.2) is 5.65 Å². The number of carbonyl (C=O) groups excluding carboxylic acids is 1. The van der Waals surface area contributed by atoms with Crippen molar-refractivity contribution in [2.75, 3.05) is 24.5 Å². The van der Waals surface area contributed by atoms with E-state index in [1.807, 2.05) is 23.6 Å². The lowest BCUT2D eigenvalue weighted by Crippen LogP contribution is -2.53. The molecule has 1 amide bonds. The Bertz CT molecular complexity index is 1580. The Morgan fingerprint density at radius 2 is 1.90 bits per heavy atom. The van der Waals surface area contributed by atoms with Crippen molar-refractivity contribution in [1.82, 2.24) is 29.2 Å². The van der Waals surface area contributed by atoms with E-state index in [0.717, 1.165) is 5.56 Å². The van der Waals surface area contributed by atoms with Crippen LogP contribution in [0.2, 0.25) is 0 Å². The second-order valence-corrected chi connectivity index (χ2v) is 9.72. The van der Waals surface area contributed by atoms with Crippen molar-refractivity contribution in [3.8, 4) is 17.0 Å². The van der Waals surface area contributed by atoms with E-state index in [0.29, 0.717) is 53.4 Å². The predicted octanol–water partition coefficient (Wildman–Crippen LogP) is 3.21. The SMILES string of the molecule is CC(=O)N1CCN(c2ncc(-c3ccc4c(=O)n(C)n(Cc5cc(C)ccc5OC(F)F)c4n3)cn2)CC1C. The van der Waals surface area contributed by atoms with Gasteiger partial charge in [0.05, 0.1) is 17.6 Å². The summed E-state index contributed by atoms with van der Waals surface area (Å²) in [5.74, 6) is 0.667. The first-order valence-electron chi connectivity index (χ1n) is 12.6. The van der Waals surface area contributed by atoms with Crippen LogP contribution in [0.15, 0.2) is 47.5 Å². The number of benzene rings is 1. The number of amides is 1. The van der Waals surface area contributed by atoms with Gasteiger partial charge in [-0.05, 0) is 32.0 Å². The molecule has 0 bridgehead atoms. The quantitative estimate of drug-likeness (QED) is 0.373. The number of halogens is 2. The normalized spacial score (nSPS) is 15.8. The van der Waals surface area contributed by atoms with Gasteiger partial charge in [-0.1, -0.05) is 17.7 Å². The van der Waals surface area contributed by atoms with Gasteiger partial charge in [-0.25, -0.2) is 15.0 Å². The lowest BCUT2D eigenvalue weighted by Gasteiger charge is -2.39. The van der Waals surface area contributed by atoms with Gasteiger partial charge in [-0.2, -0.15) is 8.78 Å². The van der Waals surface area contributed by atoms with Gasteiger partial charge in [0.25, 0.3) is 5.56 Å². The highest BCUT2D eigenvalue weighted by Gasteiger charge is 2.26. The maximum Gasteiger partial charge on any atom is 0.387 e. The number of pyridine rings is 1. The number of alkyl halides is 2. The number of piperazine rings is 1. The minimum atomic E-state index is -2.97. The van der Waals surface area contributed by atoms with E-state index < -0.39 is 6.61 Å². The fraction of sp³-hybridized carbons (Fsp3) is 0.370. The first-order valence-corrected chi connectivity index (χ1v) is 12.6. The van der Waals surface area contributed by atoms with E-state index in [9.17, 15) is 18.4 Å². The van der Waals surface area contributed by atoms with Gasteiger partial charge in [-0.15, -0.1) is 0 Å². The molecule has 0 saturated carbocycles. The molecule has 1 aliphatic heterocycles. The second kappa shape index (κ2) is 10.4. The molecule has 0 radical (unpaired) electrons. The summed E-state index contributed by atoms with van der Waals surface area (Å²) in [6.45, 7) is 4.45. The van der Waals surface area contributed by atoms with Crippen LogP contribution in [-0.2, 0) is 18.4 Å². The van der Waals surface area contributed by atoms with Crippen LogP contribution in [0.1, 0.15) is 25.0 Å². The van der Waals surface area contributed by atoms with Crippen molar-refractivity contribution in [1.29, 1.82) is 0 Å². The van der Waals surface area contributed by atoms with Crippen LogP contribution < -0.4 is 15.2 Å². The Kier molecular flexibility index (Phi) is 7.02. The molecule has 10 nitrogen and oxygen atoms in total. The zero-order chi connectivity index (χ0) is 27.8. The molecule has 204 valence electrons. The van der Waals surface area contributed by atoms with Crippen LogP contribution in [0, 0.1) is 6.92 Å². The summed E-state index contributed by atoms with van der Waals surface area (Å²) in [6, 6.07) is 8.43. The molecule has 12 heteroatoms. The third-order valence-corrected chi connectivity index (χ3v) is 7.01. The van der Waals surface area contributed by atoms with Crippen molar-refractivity contribution in [2.45, 2.75) is 40.0 Å². The molecule has 0 N–H and O–H groups in total. The standard InChI is InChI=1S/C27H29F2N7O3/c1-16-5-8-23(39-26(28)29)19(11-16)15-36-24-21(25(38)33(36)4)6-7-22(32-24)20-12-30-27(31-13-20)34-9-10-35(18(3)37)17(2)14-34/h5-8,11-13,17,26H,9-10,14-15H2,1-4H3. The molecule has 1 unspecified atom stereocenters. The van der Waals surface area contributed by atoms with Crippen molar-refractivity contribution in [3.63, 3.8) is 0 Å². The monoisotopic (exact) mass is 537 g/mol. The molecule has 3 aromatic heterocycles. The fourth-order valence-corrected chi connectivity index (χ4v) is 5.01. The number of anilines is 1. The van der Waals surface area contributed by atoms with Crippen LogP contribution >= 0.6 is 0 Å². The second-order valence-electron chi connectivity index (χ2n) is 9.72. The Labute approximate surface area is 223 Å².